The minimum Gasteiger partial charge on any atom is -0.480 e. The van der Waals surface area contributed by atoms with E-state index in [1.165, 1.54) is 18.2 Å². The van der Waals surface area contributed by atoms with Gasteiger partial charge in [0.05, 0.1) is 10.0 Å². The molecule has 0 aromatic heterocycles. The first-order valence-electron chi connectivity index (χ1n) is 9.47. The van der Waals surface area contributed by atoms with E-state index in [-0.39, 0.29) is 15.6 Å². The second kappa shape index (κ2) is 7.58. The van der Waals surface area contributed by atoms with Gasteiger partial charge in [0.1, 0.15) is 23.1 Å². The number of hydrogen-bond acceptors (Lipinski definition) is 3. The largest absolute Gasteiger partial charge is 0.480 e. The van der Waals surface area contributed by atoms with Gasteiger partial charge in [0.25, 0.3) is 0 Å². The molecule has 0 saturated carbocycles. The molecule has 5 nitrogen and oxygen atoms in total. The molecule has 2 heterocycles. The highest BCUT2D eigenvalue weighted by molar-refractivity contribution is 6.31. The molecule has 9 heteroatoms. The quantitative estimate of drug-likeness (QED) is 0.575. The van der Waals surface area contributed by atoms with E-state index in [9.17, 15) is 23.5 Å². The smallest absolute Gasteiger partial charge is 0.321 e. The third kappa shape index (κ3) is 3.23. The van der Waals surface area contributed by atoms with Gasteiger partial charge in [-0.2, -0.15) is 0 Å². The van der Waals surface area contributed by atoms with Crippen molar-refractivity contribution in [1.29, 1.82) is 0 Å². The van der Waals surface area contributed by atoms with Crippen LogP contribution in [-0.2, 0) is 15.0 Å². The monoisotopic (exact) mass is 466 g/mol. The van der Waals surface area contributed by atoms with Crippen molar-refractivity contribution in [3.8, 4) is 0 Å². The van der Waals surface area contributed by atoms with Crippen LogP contribution in [0.3, 0.4) is 0 Å². The van der Waals surface area contributed by atoms with Crippen molar-refractivity contribution in [1.82, 2.24) is 5.32 Å². The number of allylic oxidation sites excluding steroid dienone is 1. The Labute approximate surface area is 187 Å². The zero-order valence-corrected chi connectivity index (χ0v) is 18.0. The molecule has 3 N–H and O–H groups in total. The Morgan fingerprint density at radius 2 is 1.81 bits per heavy atom. The number of halogens is 4. The lowest BCUT2D eigenvalue weighted by Gasteiger charge is -2.34. The molecule has 2 aromatic rings. The van der Waals surface area contributed by atoms with E-state index < -0.39 is 46.9 Å². The number of anilines is 1. The number of nitrogens with one attached hydrogen (secondary N) is 2. The molecule has 0 radical (unpaired) electrons. The van der Waals surface area contributed by atoms with Gasteiger partial charge in [-0.1, -0.05) is 40.9 Å². The highest BCUT2D eigenvalue weighted by atomic mass is 35.5. The molecule has 0 bridgehead atoms. The van der Waals surface area contributed by atoms with Crippen LogP contribution in [0.2, 0.25) is 10.0 Å². The third-order valence-corrected chi connectivity index (χ3v) is 6.45. The Kier molecular flexibility index (Phi) is 5.32. The molecule has 0 aliphatic carbocycles. The lowest BCUT2D eigenvalue weighted by atomic mass is 9.64. The third-order valence-electron chi connectivity index (χ3n) is 5.87. The summed E-state index contributed by atoms with van der Waals surface area (Å²) in [5.74, 6) is -4.13. The van der Waals surface area contributed by atoms with Crippen LogP contribution in [0, 0.1) is 11.6 Å². The van der Waals surface area contributed by atoms with Gasteiger partial charge in [-0.3, -0.25) is 14.9 Å². The predicted octanol–water partition coefficient (Wildman–Crippen LogP) is 4.64. The van der Waals surface area contributed by atoms with Crippen molar-refractivity contribution < 1.29 is 23.5 Å². The Bertz CT molecular complexity index is 1150. The normalized spacial score (nSPS) is 26.6. The number of carboxylic acids is 1. The van der Waals surface area contributed by atoms with E-state index in [0.717, 1.165) is 17.7 Å². The van der Waals surface area contributed by atoms with Gasteiger partial charge >= 0.3 is 5.97 Å². The fraction of sp³-hybridized carbons (Fsp3) is 0.273. The van der Waals surface area contributed by atoms with Crippen molar-refractivity contribution in [3.63, 3.8) is 0 Å². The average molecular weight is 467 g/mol. The van der Waals surface area contributed by atoms with E-state index in [1.807, 2.05) is 13.8 Å². The number of rotatable bonds is 3. The summed E-state index contributed by atoms with van der Waals surface area (Å²) < 4.78 is 28.4. The number of amides is 1. The SMILES string of the molecule is CC(C)=CC1NC(C(=O)O)C(c2ccc(F)c(Cl)c2)C12C(=O)Nc1cc(Cl)c(F)cc12. The van der Waals surface area contributed by atoms with E-state index in [1.54, 1.807) is 6.08 Å². The Morgan fingerprint density at radius 3 is 2.42 bits per heavy atom. The lowest BCUT2D eigenvalue weighted by Crippen LogP contribution is -2.47. The predicted molar refractivity (Wildman–Crippen MR) is 114 cm³/mol. The second-order valence-electron chi connectivity index (χ2n) is 7.99. The van der Waals surface area contributed by atoms with Gasteiger partial charge in [0.2, 0.25) is 5.91 Å². The van der Waals surface area contributed by atoms with Crippen molar-refractivity contribution in [2.24, 2.45) is 0 Å². The molecule has 4 unspecified atom stereocenters. The molecule has 4 atom stereocenters. The van der Waals surface area contributed by atoms with Crippen LogP contribution in [0.15, 0.2) is 42.0 Å². The van der Waals surface area contributed by atoms with Gasteiger partial charge in [-0.15, -0.1) is 0 Å². The summed E-state index contributed by atoms with van der Waals surface area (Å²) >= 11 is 11.9. The minimum atomic E-state index is -1.53. The minimum absolute atomic E-state index is 0.169. The number of aliphatic carboxylic acids is 1. The van der Waals surface area contributed by atoms with Crippen LogP contribution in [0.5, 0.6) is 0 Å². The molecule has 1 fully saturated rings. The molecular formula is C22H18Cl2F2N2O3. The molecule has 162 valence electrons. The summed E-state index contributed by atoms with van der Waals surface area (Å²) in [6.07, 6.45) is 1.74. The molecule has 2 aliphatic rings. The van der Waals surface area contributed by atoms with Gasteiger partial charge < -0.3 is 10.4 Å². The molecular weight excluding hydrogens is 449 g/mol. The first-order chi connectivity index (χ1) is 14.6. The fourth-order valence-corrected chi connectivity index (χ4v) is 5.08. The second-order valence-corrected chi connectivity index (χ2v) is 8.80. The summed E-state index contributed by atoms with van der Waals surface area (Å²) in [5, 5.41) is 15.3. The van der Waals surface area contributed by atoms with E-state index in [4.69, 9.17) is 23.2 Å². The molecule has 31 heavy (non-hydrogen) atoms. The van der Waals surface area contributed by atoms with Crippen LogP contribution in [-0.4, -0.2) is 29.1 Å². The summed E-state index contributed by atoms with van der Waals surface area (Å²) in [4.78, 5) is 25.8. The van der Waals surface area contributed by atoms with Crippen LogP contribution in [0.25, 0.3) is 0 Å². The Hall–Kier alpha value is -2.48. The fourth-order valence-electron chi connectivity index (χ4n) is 4.72. The first kappa shape index (κ1) is 21.7. The molecule has 2 aromatic carbocycles. The standard InChI is InChI=1S/C22H18Cl2F2N2O3/c1-9(2)5-17-22(11-7-15(26)13(24)8-16(11)27-21(22)31)18(19(28-17)20(29)30)10-3-4-14(25)12(23)6-10/h3-8,17-19,28H,1-2H3,(H,27,31)(H,29,30). The maximum absolute atomic E-state index is 14.5. The van der Waals surface area contributed by atoms with Gasteiger partial charge in [-0.05, 0) is 49.2 Å². The highest BCUT2D eigenvalue weighted by Crippen LogP contribution is 2.55. The van der Waals surface area contributed by atoms with Crippen molar-refractivity contribution in [3.05, 3.63) is 74.8 Å². The van der Waals surface area contributed by atoms with Crippen LogP contribution in [0.1, 0.15) is 30.9 Å². The van der Waals surface area contributed by atoms with E-state index in [2.05, 4.69) is 10.6 Å². The zero-order chi connectivity index (χ0) is 22.7. The topological polar surface area (TPSA) is 78.4 Å². The van der Waals surface area contributed by atoms with Gasteiger partial charge in [-0.25, -0.2) is 8.78 Å². The maximum atomic E-state index is 14.5. The van der Waals surface area contributed by atoms with Crippen molar-refractivity contribution >= 4 is 40.8 Å². The number of fused-ring (bicyclic) bond motifs is 2. The van der Waals surface area contributed by atoms with E-state index >= 15 is 0 Å². The average Bonchev–Trinajstić information content (AvgIpc) is 3.15. The van der Waals surface area contributed by atoms with Gasteiger partial charge in [0.15, 0.2) is 0 Å². The number of carbonyl (C=O) groups excluding carboxylic acids is 1. The molecule has 1 saturated heterocycles. The Morgan fingerprint density at radius 1 is 1.13 bits per heavy atom. The summed E-state index contributed by atoms with van der Waals surface area (Å²) in [6, 6.07) is 4.28. The zero-order valence-electron chi connectivity index (χ0n) is 16.5. The number of hydrogen-bond donors (Lipinski definition) is 3. The molecule has 1 amide bonds. The first-order valence-corrected chi connectivity index (χ1v) is 10.2. The summed E-state index contributed by atoms with van der Waals surface area (Å²) in [7, 11) is 0. The number of benzene rings is 2. The lowest BCUT2D eigenvalue weighted by molar-refractivity contribution is -0.139. The number of carbonyl (C=O) groups is 2. The van der Waals surface area contributed by atoms with Crippen molar-refractivity contribution in [2.45, 2.75) is 37.3 Å². The van der Waals surface area contributed by atoms with Gasteiger partial charge in [0, 0.05) is 17.6 Å². The van der Waals surface area contributed by atoms with Crippen LogP contribution < -0.4 is 10.6 Å². The Balaban J connectivity index is 2.06. The van der Waals surface area contributed by atoms with Crippen molar-refractivity contribution in [2.75, 3.05) is 5.32 Å². The van der Waals surface area contributed by atoms with Crippen LogP contribution >= 0.6 is 23.2 Å². The number of carboxylic acid groups (broad SMARTS) is 1. The van der Waals surface area contributed by atoms with E-state index in [0.29, 0.717) is 11.3 Å². The maximum Gasteiger partial charge on any atom is 0.321 e. The van der Waals surface area contributed by atoms with Crippen LogP contribution in [0.4, 0.5) is 14.5 Å². The molecule has 4 rings (SSSR count). The summed E-state index contributed by atoms with van der Waals surface area (Å²) in [5.41, 5.74) is 0.226. The molecule has 2 aliphatic heterocycles. The summed E-state index contributed by atoms with van der Waals surface area (Å²) in [6.45, 7) is 3.62. The highest BCUT2D eigenvalue weighted by Gasteiger charge is 2.65. The molecule has 1 spiro atoms.